The van der Waals surface area contributed by atoms with Crippen molar-refractivity contribution in [3.63, 3.8) is 0 Å². The lowest BCUT2D eigenvalue weighted by atomic mass is 10.1. The zero-order valence-electron chi connectivity index (χ0n) is 16.6. The first-order valence-electron chi connectivity index (χ1n) is 9.03. The monoisotopic (exact) mass is 401 g/mol. The maximum atomic E-state index is 12.6. The fraction of sp³-hybridized carbons (Fsp3) is 0.286. The first-order chi connectivity index (χ1) is 13.2. The van der Waals surface area contributed by atoms with Gasteiger partial charge < -0.3 is 10.2 Å². The summed E-state index contributed by atoms with van der Waals surface area (Å²) in [5.41, 5.74) is 2.24. The molecule has 2 aromatic rings. The number of hydrogen-bond acceptors (Lipinski definition) is 4. The highest BCUT2D eigenvalue weighted by molar-refractivity contribution is 7.95. The van der Waals surface area contributed by atoms with Crippen molar-refractivity contribution in [2.75, 3.05) is 30.3 Å². The smallest absolute Gasteiger partial charge is 0.255 e. The van der Waals surface area contributed by atoms with E-state index in [0.717, 1.165) is 11.0 Å². The lowest BCUT2D eigenvalue weighted by molar-refractivity contribution is 0.0949. The summed E-state index contributed by atoms with van der Waals surface area (Å²) >= 11 is 0. The lowest BCUT2D eigenvalue weighted by Crippen LogP contribution is -2.29. The molecule has 150 valence electrons. The summed E-state index contributed by atoms with van der Waals surface area (Å²) in [5.74, 6) is 0.0786. The number of nitrogens with zero attached hydrogens (tertiary/aromatic N) is 1. The molecule has 2 rings (SSSR count). The third-order valence-corrected chi connectivity index (χ3v) is 4.91. The molecule has 0 aliphatic heterocycles. The highest BCUT2D eigenvalue weighted by Crippen LogP contribution is 2.24. The molecular weight excluding hydrogens is 374 g/mol. The summed E-state index contributed by atoms with van der Waals surface area (Å²) in [6, 6.07) is 14.1. The second-order valence-electron chi connectivity index (χ2n) is 7.09. The van der Waals surface area contributed by atoms with Gasteiger partial charge in [-0.05, 0) is 35.8 Å². The van der Waals surface area contributed by atoms with Gasteiger partial charge in [0.15, 0.2) is 0 Å². The van der Waals surface area contributed by atoms with Gasteiger partial charge in [0.05, 0.1) is 11.0 Å². The topological polar surface area (TPSA) is 78.5 Å². The van der Waals surface area contributed by atoms with E-state index >= 15 is 0 Å². The van der Waals surface area contributed by atoms with Gasteiger partial charge in [0.1, 0.15) is 0 Å². The number of carbonyl (C=O) groups excluding carboxylic acids is 1. The largest absolute Gasteiger partial charge is 0.377 e. The van der Waals surface area contributed by atoms with Crippen LogP contribution in [-0.4, -0.2) is 35.0 Å². The molecule has 6 nitrogen and oxygen atoms in total. The highest BCUT2D eigenvalue weighted by atomic mass is 32.2. The summed E-state index contributed by atoms with van der Waals surface area (Å²) in [5, 5.41) is 3.99. The number of hydrogen-bond donors (Lipinski definition) is 2. The summed E-state index contributed by atoms with van der Waals surface area (Å²) in [6.45, 7) is 4.56. The van der Waals surface area contributed by atoms with Gasteiger partial charge in [-0.15, -0.1) is 0 Å². The van der Waals surface area contributed by atoms with Crippen LogP contribution in [0.25, 0.3) is 6.08 Å². The molecule has 1 amide bonds. The van der Waals surface area contributed by atoms with Crippen LogP contribution < -0.4 is 14.9 Å². The number of amides is 1. The number of carbonyl (C=O) groups is 1. The average Bonchev–Trinajstić information content (AvgIpc) is 2.64. The maximum absolute atomic E-state index is 12.6. The van der Waals surface area contributed by atoms with E-state index in [1.165, 1.54) is 6.08 Å². The van der Waals surface area contributed by atoms with Gasteiger partial charge in [0.2, 0.25) is 0 Å². The predicted molar refractivity (Wildman–Crippen MR) is 116 cm³/mol. The van der Waals surface area contributed by atoms with E-state index < -0.39 is 10.0 Å². The van der Waals surface area contributed by atoms with E-state index in [4.69, 9.17) is 0 Å². The van der Waals surface area contributed by atoms with Crippen LogP contribution in [0.15, 0.2) is 53.9 Å². The summed E-state index contributed by atoms with van der Waals surface area (Å²) < 4.78 is 27.3. The van der Waals surface area contributed by atoms with Crippen LogP contribution in [-0.2, 0) is 10.0 Å². The normalized spacial score (nSPS) is 11.6. The van der Waals surface area contributed by atoms with E-state index in [0.29, 0.717) is 29.4 Å². The quantitative estimate of drug-likeness (QED) is 0.709. The summed E-state index contributed by atoms with van der Waals surface area (Å²) in [6.07, 6.45) is 1.52. The predicted octanol–water partition coefficient (Wildman–Crippen LogP) is 3.55. The van der Waals surface area contributed by atoms with Gasteiger partial charge in [-0.25, -0.2) is 8.42 Å². The van der Waals surface area contributed by atoms with Gasteiger partial charge in [-0.3, -0.25) is 9.52 Å². The molecule has 0 saturated heterocycles. The van der Waals surface area contributed by atoms with E-state index in [-0.39, 0.29) is 5.91 Å². The molecule has 0 spiro atoms. The minimum Gasteiger partial charge on any atom is -0.377 e. The number of anilines is 2. The molecule has 0 aliphatic rings. The van der Waals surface area contributed by atoms with E-state index in [1.807, 2.05) is 63.2 Å². The molecule has 2 aromatic carbocycles. The van der Waals surface area contributed by atoms with E-state index in [9.17, 15) is 13.2 Å². The Kier molecular flexibility index (Phi) is 7.23. The van der Waals surface area contributed by atoms with Crippen LogP contribution in [0.2, 0.25) is 0 Å². The zero-order valence-corrected chi connectivity index (χ0v) is 17.5. The Morgan fingerprint density at radius 2 is 1.79 bits per heavy atom. The molecule has 0 unspecified atom stereocenters. The Bertz CT molecular complexity index is 937. The molecule has 0 bridgehead atoms. The molecule has 7 heteroatoms. The maximum Gasteiger partial charge on any atom is 0.255 e. The number of benzene rings is 2. The Balaban J connectivity index is 2.24. The van der Waals surface area contributed by atoms with Crippen molar-refractivity contribution >= 4 is 33.4 Å². The lowest BCUT2D eigenvalue weighted by Gasteiger charge is -2.19. The van der Waals surface area contributed by atoms with Crippen LogP contribution in [0, 0.1) is 5.92 Å². The first kappa shape index (κ1) is 21.5. The molecule has 0 heterocycles. The van der Waals surface area contributed by atoms with Crippen LogP contribution in [0.4, 0.5) is 11.4 Å². The molecule has 2 N–H and O–H groups in total. The van der Waals surface area contributed by atoms with Gasteiger partial charge >= 0.3 is 0 Å². The van der Waals surface area contributed by atoms with Crippen molar-refractivity contribution in [1.82, 2.24) is 5.32 Å². The first-order valence-corrected chi connectivity index (χ1v) is 10.6. The molecule has 0 saturated carbocycles. The van der Waals surface area contributed by atoms with Gasteiger partial charge in [0.25, 0.3) is 15.9 Å². The molecule has 28 heavy (non-hydrogen) atoms. The molecule has 0 radical (unpaired) electrons. The Morgan fingerprint density at radius 1 is 1.11 bits per heavy atom. The van der Waals surface area contributed by atoms with Crippen molar-refractivity contribution < 1.29 is 13.2 Å². The zero-order chi connectivity index (χ0) is 20.7. The Hall–Kier alpha value is -2.80. The molecular formula is C21H27N3O3S. The number of nitrogens with one attached hydrogen (secondary N) is 2. The van der Waals surface area contributed by atoms with Crippen LogP contribution in [0.1, 0.15) is 29.8 Å². The highest BCUT2D eigenvalue weighted by Gasteiger charge is 2.16. The van der Waals surface area contributed by atoms with Gasteiger partial charge in [-0.2, -0.15) is 0 Å². The SMILES string of the molecule is CC(C)CNC(=O)c1cc(NS(=O)(=O)/C=C/c2ccccc2)ccc1N(C)C. The molecule has 0 aliphatic carbocycles. The van der Waals surface area contributed by atoms with E-state index in [2.05, 4.69) is 10.0 Å². The minimum atomic E-state index is -3.71. The molecule has 0 fully saturated rings. The summed E-state index contributed by atoms with van der Waals surface area (Å²) in [4.78, 5) is 14.4. The van der Waals surface area contributed by atoms with Crippen LogP contribution >= 0.6 is 0 Å². The van der Waals surface area contributed by atoms with E-state index in [1.54, 1.807) is 18.2 Å². The van der Waals surface area contributed by atoms with Crippen molar-refractivity contribution in [3.05, 3.63) is 65.1 Å². The molecule has 0 aromatic heterocycles. The van der Waals surface area contributed by atoms with Crippen molar-refractivity contribution in [2.24, 2.45) is 5.92 Å². The number of rotatable bonds is 8. The van der Waals surface area contributed by atoms with Crippen molar-refractivity contribution in [1.29, 1.82) is 0 Å². The minimum absolute atomic E-state index is 0.238. The summed E-state index contributed by atoms with van der Waals surface area (Å²) in [7, 11) is -0.0413. The fourth-order valence-corrected chi connectivity index (χ4v) is 3.35. The Morgan fingerprint density at radius 3 is 2.39 bits per heavy atom. The second-order valence-corrected chi connectivity index (χ2v) is 8.66. The van der Waals surface area contributed by atoms with Gasteiger partial charge in [0, 0.05) is 32.0 Å². The third kappa shape index (κ3) is 6.42. The van der Waals surface area contributed by atoms with Crippen LogP contribution in [0.3, 0.4) is 0 Å². The Labute approximate surface area is 167 Å². The average molecular weight is 402 g/mol. The second kappa shape index (κ2) is 9.41. The standard InChI is InChI=1S/C21H27N3O3S/c1-16(2)15-22-21(25)19-14-18(10-11-20(19)24(3)4)23-28(26,27)13-12-17-8-6-5-7-9-17/h5-14,16,23H,15H2,1-4H3,(H,22,25)/b13-12+. The third-order valence-electron chi connectivity index (χ3n) is 3.89. The molecule has 0 atom stereocenters. The van der Waals surface area contributed by atoms with Crippen molar-refractivity contribution in [3.8, 4) is 0 Å². The fourth-order valence-electron chi connectivity index (χ4n) is 2.49. The van der Waals surface area contributed by atoms with Crippen LogP contribution in [0.5, 0.6) is 0 Å². The number of sulfonamides is 1. The van der Waals surface area contributed by atoms with Crippen molar-refractivity contribution in [2.45, 2.75) is 13.8 Å². The van der Waals surface area contributed by atoms with Gasteiger partial charge in [-0.1, -0.05) is 44.2 Å².